The van der Waals surface area contributed by atoms with Crippen LogP contribution in [-0.4, -0.2) is 20.9 Å². The number of primary amides is 1. The highest BCUT2D eigenvalue weighted by atomic mass is 16.1. The van der Waals surface area contributed by atoms with Gasteiger partial charge in [0.15, 0.2) is 0 Å². The molecule has 0 fully saturated rings. The predicted molar refractivity (Wildman–Crippen MR) is 71.3 cm³/mol. The molecule has 0 aliphatic heterocycles. The number of rotatable bonds is 3. The molecule has 1 aliphatic rings. The number of aryl methyl sites for hydroxylation is 1. The summed E-state index contributed by atoms with van der Waals surface area (Å²) in [7, 11) is 0. The van der Waals surface area contributed by atoms with Crippen LogP contribution >= 0.6 is 0 Å². The number of carbonyl (C=O) groups is 1. The summed E-state index contributed by atoms with van der Waals surface area (Å²) in [5, 5.41) is 8.10. The molecule has 19 heavy (non-hydrogen) atoms. The van der Waals surface area contributed by atoms with Gasteiger partial charge in [0.1, 0.15) is 12.2 Å². The van der Waals surface area contributed by atoms with Crippen LogP contribution in [0, 0.1) is 0 Å². The van der Waals surface area contributed by atoms with E-state index in [-0.39, 0.29) is 6.54 Å². The van der Waals surface area contributed by atoms with Crippen molar-refractivity contribution in [3.8, 4) is 11.3 Å². The molecule has 0 saturated heterocycles. The summed E-state index contributed by atoms with van der Waals surface area (Å²) in [5.74, 6) is -0.411. The number of nitrogens with zero attached hydrogens (tertiary/aromatic N) is 3. The van der Waals surface area contributed by atoms with Crippen LogP contribution in [0.2, 0.25) is 0 Å². The second-order valence-electron chi connectivity index (χ2n) is 4.92. The van der Waals surface area contributed by atoms with Gasteiger partial charge >= 0.3 is 0 Å². The van der Waals surface area contributed by atoms with Crippen LogP contribution in [0.15, 0.2) is 24.4 Å². The first-order valence-corrected chi connectivity index (χ1v) is 6.53. The van der Waals surface area contributed by atoms with E-state index in [2.05, 4.69) is 28.5 Å². The van der Waals surface area contributed by atoms with Crippen LogP contribution in [0.25, 0.3) is 11.3 Å². The normalized spacial score (nSPS) is 14.1. The molecule has 0 bridgehead atoms. The molecular formula is C14H16N4O. The van der Waals surface area contributed by atoms with Crippen LogP contribution in [0.5, 0.6) is 0 Å². The molecule has 0 radical (unpaired) electrons. The van der Waals surface area contributed by atoms with E-state index in [0.29, 0.717) is 0 Å². The third kappa shape index (κ3) is 2.36. The highest BCUT2D eigenvalue weighted by Gasteiger charge is 2.16. The Kier molecular flexibility index (Phi) is 3.03. The lowest BCUT2D eigenvalue weighted by molar-refractivity contribution is -0.118. The quantitative estimate of drug-likeness (QED) is 0.899. The van der Waals surface area contributed by atoms with Crippen LogP contribution < -0.4 is 5.73 Å². The first-order chi connectivity index (χ1) is 9.24. The van der Waals surface area contributed by atoms with E-state index >= 15 is 0 Å². The smallest absolute Gasteiger partial charge is 0.239 e. The molecular weight excluding hydrogens is 240 g/mol. The van der Waals surface area contributed by atoms with Gasteiger partial charge in [0.05, 0.1) is 6.20 Å². The van der Waals surface area contributed by atoms with E-state index in [1.807, 2.05) is 0 Å². The fourth-order valence-corrected chi connectivity index (χ4v) is 2.68. The summed E-state index contributed by atoms with van der Waals surface area (Å²) >= 11 is 0. The molecule has 2 N–H and O–H groups in total. The summed E-state index contributed by atoms with van der Waals surface area (Å²) in [6, 6.07) is 6.32. The number of hydrogen-bond donors (Lipinski definition) is 1. The van der Waals surface area contributed by atoms with Gasteiger partial charge in [-0.15, -0.1) is 5.10 Å². The second-order valence-corrected chi connectivity index (χ2v) is 4.92. The minimum absolute atomic E-state index is 0.0715. The monoisotopic (exact) mass is 256 g/mol. The molecule has 0 atom stereocenters. The Balaban J connectivity index is 1.98. The summed E-state index contributed by atoms with van der Waals surface area (Å²) < 4.78 is 1.49. The van der Waals surface area contributed by atoms with E-state index in [0.717, 1.165) is 24.1 Å². The molecule has 0 unspecified atom stereocenters. The minimum atomic E-state index is -0.411. The lowest BCUT2D eigenvalue weighted by atomic mass is 9.87. The van der Waals surface area contributed by atoms with Crippen molar-refractivity contribution in [2.75, 3.05) is 0 Å². The van der Waals surface area contributed by atoms with Gasteiger partial charge < -0.3 is 5.73 Å². The maximum absolute atomic E-state index is 10.9. The van der Waals surface area contributed by atoms with Crippen molar-refractivity contribution >= 4 is 5.91 Å². The summed E-state index contributed by atoms with van der Waals surface area (Å²) in [6.45, 7) is 0.0715. The zero-order valence-corrected chi connectivity index (χ0v) is 10.7. The van der Waals surface area contributed by atoms with E-state index in [9.17, 15) is 4.79 Å². The standard InChI is InChI=1S/C14H16N4O/c15-14(19)9-18-8-13(16-17-18)12-7-3-5-10-4-1-2-6-11(10)12/h3,5,7-8H,1-2,4,6,9H2,(H2,15,19). The fraction of sp³-hybridized carbons (Fsp3) is 0.357. The lowest BCUT2D eigenvalue weighted by Crippen LogP contribution is -2.18. The van der Waals surface area contributed by atoms with Crippen molar-refractivity contribution in [1.29, 1.82) is 0 Å². The number of nitrogens with two attached hydrogens (primary N) is 1. The minimum Gasteiger partial charge on any atom is -0.368 e. The highest BCUT2D eigenvalue weighted by Crippen LogP contribution is 2.30. The molecule has 98 valence electrons. The molecule has 1 heterocycles. The predicted octanol–water partition coefficient (Wildman–Crippen LogP) is 1.31. The maximum Gasteiger partial charge on any atom is 0.239 e. The molecule has 5 heteroatoms. The maximum atomic E-state index is 10.9. The third-order valence-electron chi connectivity index (χ3n) is 3.53. The van der Waals surface area contributed by atoms with Crippen molar-refractivity contribution in [1.82, 2.24) is 15.0 Å². The Morgan fingerprint density at radius 2 is 2.16 bits per heavy atom. The highest BCUT2D eigenvalue weighted by molar-refractivity contribution is 5.73. The largest absolute Gasteiger partial charge is 0.368 e. The van der Waals surface area contributed by atoms with Gasteiger partial charge in [0.2, 0.25) is 5.91 Å². The number of benzene rings is 1. The molecule has 0 spiro atoms. The van der Waals surface area contributed by atoms with E-state index in [1.165, 1.54) is 28.7 Å². The zero-order valence-electron chi connectivity index (χ0n) is 10.7. The molecule has 1 aliphatic carbocycles. The zero-order chi connectivity index (χ0) is 13.2. The Labute approximate surface area is 111 Å². The SMILES string of the molecule is NC(=O)Cn1cc(-c2cccc3c2CCCC3)nn1. The van der Waals surface area contributed by atoms with E-state index in [1.54, 1.807) is 6.20 Å². The van der Waals surface area contributed by atoms with E-state index in [4.69, 9.17) is 5.73 Å². The number of fused-ring (bicyclic) bond motifs is 1. The second kappa shape index (κ2) is 4.84. The van der Waals surface area contributed by atoms with Gasteiger partial charge in [0, 0.05) is 5.56 Å². The summed E-state index contributed by atoms with van der Waals surface area (Å²) in [6.07, 6.45) is 6.49. The molecule has 0 saturated carbocycles. The summed E-state index contributed by atoms with van der Waals surface area (Å²) in [5.41, 5.74) is 9.89. The average Bonchev–Trinajstić information content (AvgIpc) is 2.85. The van der Waals surface area contributed by atoms with Crippen LogP contribution in [-0.2, 0) is 24.2 Å². The van der Waals surface area contributed by atoms with Crippen molar-refractivity contribution in [3.63, 3.8) is 0 Å². The van der Waals surface area contributed by atoms with Gasteiger partial charge in [-0.3, -0.25) is 4.79 Å². The van der Waals surface area contributed by atoms with Crippen molar-refractivity contribution in [2.24, 2.45) is 5.73 Å². The third-order valence-corrected chi connectivity index (χ3v) is 3.53. The van der Waals surface area contributed by atoms with Crippen LogP contribution in [0.1, 0.15) is 24.0 Å². The average molecular weight is 256 g/mol. The Bertz CT molecular complexity index is 618. The molecule has 1 aromatic carbocycles. The van der Waals surface area contributed by atoms with E-state index < -0.39 is 5.91 Å². The summed E-state index contributed by atoms with van der Waals surface area (Å²) in [4.78, 5) is 10.9. The number of hydrogen-bond acceptors (Lipinski definition) is 3. The number of aromatic nitrogens is 3. The molecule has 3 rings (SSSR count). The van der Waals surface area contributed by atoms with Crippen LogP contribution in [0.3, 0.4) is 0 Å². The van der Waals surface area contributed by atoms with Gasteiger partial charge in [-0.2, -0.15) is 0 Å². The Morgan fingerprint density at radius 3 is 3.00 bits per heavy atom. The first kappa shape index (κ1) is 11.9. The van der Waals surface area contributed by atoms with Gasteiger partial charge in [0.25, 0.3) is 0 Å². The topological polar surface area (TPSA) is 73.8 Å². The first-order valence-electron chi connectivity index (χ1n) is 6.53. The number of carbonyl (C=O) groups excluding carboxylic acids is 1. The molecule has 1 aromatic heterocycles. The number of amides is 1. The lowest BCUT2D eigenvalue weighted by Gasteiger charge is -2.18. The fourth-order valence-electron chi connectivity index (χ4n) is 2.68. The van der Waals surface area contributed by atoms with Crippen molar-refractivity contribution in [2.45, 2.75) is 32.2 Å². The molecule has 1 amide bonds. The van der Waals surface area contributed by atoms with Crippen LogP contribution in [0.4, 0.5) is 0 Å². The van der Waals surface area contributed by atoms with Gasteiger partial charge in [-0.25, -0.2) is 4.68 Å². The molecule has 2 aromatic rings. The molecule has 5 nitrogen and oxygen atoms in total. The van der Waals surface area contributed by atoms with Gasteiger partial charge in [-0.1, -0.05) is 23.4 Å². The van der Waals surface area contributed by atoms with Crippen molar-refractivity contribution < 1.29 is 4.79 Å². The Hall–Kier alpha value is -2.17. The Morgan fingerprint density at radius 1 is 1.32 bits per heavy atom. The van der Waals surface area contributed by atoms with Gasteiger partial charge in [-0.05, 0) is 36.8 Å². The van der Waals surface area contributed by atoms with Crippen molar-refractivity contribution in [3.05, 3.63) is 35.5 Å².